The summed E-state index contributed by atoms with van der Waals surface area (Å²) in [5.41, 5.74) is 0. The van der Waals surface area contributed by atoms with Crippen LogP contribution >= 0.6 is 0 Å². The summed E-state index contributed by atoms with van der Waals surface area (Å²) in [6, 6.07) is 7.94. The maximum absolute atomic E-state index is 11.9. The van der Waals surface area contributed by atoms with E-state index < -0.39 is 0 Å². The molecule has 0 radical (unpaired) electrons. The molecule has 1 aromatic carbocycles. The Morgan fingerprint density at radius 3 is 2.19 bits per heavy atom. The quantitative estimate of drug-likeness (QED) is 0.684. The van der Waals surface area contributed by atoms with Crippen molar-refractivity contribution in [3.63, 3.8) is 0 Å². The number of rotatable bonds is 5. The van der Waals surface area contributed by atoms with Gasteiger partial charge in [-0.05, 0) is 25.0 Å². The largest absolute Gasteiger partial charge is 0.303 e. The van der Waals surface area contributed by atoms with Crippen molar-refractivity contribution in [3.05, 3.63) is 36.1 Å². The lowest BCUT2D eigenvalue weighted by Gasteiger charge is -2.03. The zero-order valence-corrected chi connectivity index (χ0v) is 10.2. The van der Waals surface area contributed by atoms with Crippen molar-refractivity contribution >= 4 is 6.29 Å². The van der Waals surface area contributed by atoms with E-state index in [-0.39, 0.29) is 5.82 Å². The summed E-state index contributed by atoms with van der Waals surface area (Å²) in [4.78, 5) is 10.2. The van der Waals surface area contributed by atoms with Crippen molar-refractivity contribution in [2.75, 3.05) is 0 Å². The molecular formula is C14H21FO. The number of carbonyl (C=O) groups excluding carboxylic acids is 1. The number of unbranched alkanes of at least 4 members (excludes halogenated alkanes) is 1. The molecule has 1 nitrogen and oxygen atoms in total. The number of carbonyl (C=O) groups is 1. The lowest BCUT2D eigenvalue weighted by molar-refractivity contribution is -0.111. The van der Waals surface area contributed by atoms with Gasteiger partial charge in [0.15, 0.2) is 0 Å². The Bertz CT molecular complexity index is 259. The molecule has 0 aromatic heterocycles. The van der Waals surface area contributed by atoms with Crippen LogP contribution in [0.1, 0.15) is 39.5 Å². The summed E-state index contributed by atoms with van der Waals surface area (Å²) in [5.74, 6) is 0.146. The highest BCUT2D eigenvalue weighted by molar-refractivity contribution is 5.53. The van der Waals surface area contributed by atoms with Gasteiger partial charge in [-0.25, -0.2) is 4.39 Å². The second-order valence-electron chi connectivity index (χ2n) is 3.74. The Hall–Kier alpha value is -1.18. The zero-order valence-electron chi connectivity index (χ0n) is 10.2. The first-order valence-corrected chi connectivity index (χ1v) is 5.90. The molecule has 16 heavy (non-hydrogen) atoms. The number of hydrogen-bond donors (Lipinski definition) is 0. The van der Waals surface area contributed by atoms with Gasteiger partial charge in [-0.3, -0.25) is 0 Å². The Morgan fingerprint density at radius 1 is 1.25 bits per heavy atom. The summed E-state index contributed by atoms with van der Waals surface area (Å²) < 4.78 is 11.9. The lowest BCUT2D eigenvalue weighted by atomic mass is 10.0. The molecule has 1 unspecified atom stereocenters. The molecule has 2 heteroatoms. The van der Waals surface area contributed by atoms with E-state index in [9.17, 15) is 9.18 Å². The van der Waals surface area contributed by atoms with E-state index in [1.807, 2.05) is 0 Å². The molecule has 0 bridgehead atoms. The van der Waals surface area contributed by atoms with Crippen LogP contribution in [0.5, 0.6) is 0 Å². The molecular weight excluding hydrogens is 203 g/mol. The van der Waals surface area contributed by atoms with Gasteiger partial charge in [-0.15, -0.1) is 0 Å². The molecule has 0 saturated carbocycles. The van der Waals surface area contributed by atoms with Crippen molar-refractivity contribution < 1.29 is 9.18 Å². The molecule has 1 atom stereocenters. The average molecular weight is 224 g/mol. The molecule has 0 N–H and O–H groups in total. The molecule has 0 amide bonds. The smallest absolute Gasteiger partial charge is 0.123 e. The number of halogens is 1. The Labute approximate surface area is 97.7 Å². The number of aldehydes is 1. The van der Waals surface area contributed by atoms with Crippen LogP contribution in [0.2, 0.25) is 0 Å². The normalized spacial score (nSPS) is 11.2. The Kier molecular flexibility index (Phi) is 9.58. The molecule has 0 aliphatic heterocycles. The van der Waals surface area contributed by atoms with E-state index >= 15 is 0 Å². The van der Waals surface area contributed by atoms with Crippen LogP contribution in [-0.2, 0) is 4.79 Å². The van der Waals surface area contributed by atoms with Crippen LogP contribution in [0.15, 0.2) is 30.3 Å². The van der Waals surface area contributed by atoms with E-state index in [1.54, 1.807) is 18.2 Å². The van der Waals surface area contributed by atoms with E-state index in [2.05, 4.69) is 13.8 Å². The van der Waals surface area contributed by atoms with Crippen LogP contribution in [0.3, 0.4) is 0 Å². The summed E-state index contributed by atoms with van der Waals surface area (Å²) >= 11 is 0. The van der Waals surface area contributed by atoms with Crippen molar-refractivity contribution in [1.82, 2.24) is 0 Å². The predicted molar refractivity (Wildman–Crippen MR) is 65.8 cm³/mol. The minimum atomic E-state index is -0.178. The number of benzene rings is 1. The summed E-state index contributed by atoms with van der Waals surface area (Å²) in [6.07, 6.45) is 5.55. The highest BCUT2D eigenvalue weighted by Crippen LogP contribution is 2.08. The molecule has 0 fully saturated rings. The first kappa shape index (κ1) is 14.8. The van der Waals surface area contributed by atoms with Crippen LogP contribution in [0.25, 0.3) is 0 Å². The molecule has 0 saturated heterocycles. The van der Waals surface area contributed by atoms with E-state index in [1.165, 1.54) is 25.0 Å². The zero-order chi connectivity index (χ0) is 12.2. The third-order valence-electron chi connectivity index (χ3n) is 2.38. The van der Waals surface area contributed by atoms with Gasteiger partial charge in [0.05, 0.1) is 0 Å². The van der Waals surface area contributed by atoms with Gasteiger partial charge in [-0.2, -0.15) is 0 Å². The second-order valence-corrected chi connectivity index (χ2v) is 3.74. The number of hydrogen-bond acceptors (Lipinski definition) is 1. The van der Waals surface area contributed by atoms with Crippen LogP contribution in [-0.4, -0.2) is 6.29 Å². The molecule has 90 valence electrons. The Balaban J connectivity index is 0.000000288. The third-order valence-corrected chi connectivity index (χ3v) is 2.38. The predicted octanol–water partition coefficient (Wildman–Crippen LogP) is 4.23. The van der Waals surface area contributed by atoms with Crippen molar-refractivity contribution in [1.29, 1.82) is 0 Å². The van der Waals surface area contributed by atoms with Gasteiger partial charge in [0.25, 0.3) is 0 Å². The van der Waals surface area contributed by atoms with Gasteiger partial charge < -0.3 is 4.79 Å². The van der Waals surface area contributed by atoms with E-state index in [0.717, 1.165) is 19.1 Å². The van der Waals surface area contributed by atoms with Crippen LogP contribution in [0.4, 0.5) is 4.39 Å². The SMILES string of the molecule is CCCCC(C=O)CC.Fc1ccccc1. The monoisotopic (exact) mass is 224 g/mol. The molecule has 0 spiro atoms. The fraction of sp³-hybridized carbons (Fsp3) is 0.500. The topological polar surface area (TPSA) is 17.1 Å². The van der Waals surface area contributed by atoms with E-state index in [0.29, 0.717) is 5.92 Å². The standard InChI is InChI=1S/C8H16O.C6H5F/c1-3-5-6-8(4-2)7-9;7-6-4-2-1-3-5-6/h7-8H,3-6H2,1-2H3;1-5H. The minimum absolute atomic E-state index is 0.178. The van der Waals surface area contributed by atoms with Gasteiger partial charge in [0.1, 0.15) is 12.1 Å². The van der Waals surface area contributed by atoms with Crippen molar-refractivity contribution in [3.8, 4) is 0 Å². The Morgan fingerprint density at radius 2 is 1.88 bits per heavy atom. The van der Waals surface area contributed by atoms with Gasteiger partial charge >= 0.3 is 0 Å². The van der Waals surface area contributed by atoms with E-state index in [4.69, 9.17) is 0 Å². The highest BCUT2D eigenvalue weighted by Gasteiger charge is 2.01. The first-order valence-electron chi connectivity index (χ1n) is 5.90. The maximum atomic E-state index is 11.9. The molecule has 0 heterocycles. The molecule has 1 aromatic rings. The second kappa shape index (κ2) is 10.3. The summed E-state index contributed by atoms with van der Waals surface area (Å²) in [7, 11) is 0. The summed E-state index contributed by atoms with van der Waals surface area (Å²) in [6.45, 7) is 4.21. The van der Waals surface area contributed by atoms with Crippen molar-refractivity contribution in [2.45, 2.75) is 39.5 Å². The maximum Gasteiger partial charge on any atom is 0.123 e. The molecule has 0 aliphatic rings. The average Bonchev–Trinajstić information content (AvgIpc) is 2.32. The minimum Gasteiger partial charge on any atom is -0.303 e. The molecule has 1 rings (SSSR count). The van der Waals surface area contributed by atoms with Gasteiger partial charge in [-0.1, -0.05) is 44.9 Å². The van der Waals surface area contributed by atoms with Crippen LogP contribution < -0.4 is 0 Å². The summed E-state index contributed by atoms with van der Waals surface area (Å²) in [5, 5.41) is 0. The van der Waals surface area contributed by atoms with Crippen LogP contribution in [0, 0.1) is 11.7 Å². The van der Waals surface area contributed by atoms with Gasteiger partial charge in [0.2, 0.25) is 0 Å². The fourth-order valence-electron chi connectivity index (χ4n) is 1.25. The first-order chi connectivity index (χ1) is 7.74. The highest BCUT2D eigenvalue weighted by atomic mass is 19.1. The third kappa shape index (κ3) is 8.16. The lowest BCUT2D eigenvalue weighted by Crippen LogP contribution is -1.98. The van der Waals surface area contributed by atoms with Crippen molar-refractivity contribution in [2.24, 2.45) is 5.92 Å². The van der Waals surface area contributed by atoms with Gasteiger partial charge in [0, 0.05) is 5.92 Å². The fourth-order valence-corrected chi connectivity index (χ4v) is 1.25. The molecule has 0 aliphatic carbocycles.